The quantitative estimate of drug-likeness (QED) is 0.340. The van der Waals surface area contributed by atoms with E-state index in [1.165, 1.54) is 18.5 Å². The lowest BCUT2D eigenvalue weighted by molar-refractivity contribution is -0.137. The van der Waals surface area contributed by atoms with Crippen molar-refractivity contribution in [2.75, 3.05) is 32.0 Å². The Morgan fingerprint density at radius 2 is 1.94 bits per heavy atom. The third-order valence-corrected chi connectivity index (χ3v) is 6.75. The lowest BCUT2D eigenvalue weighted by atomic mass is 10.0. The number of nitrogens with zero attached hydrogens (tertiary/aromatic N) is 5. The lowest BCUT2D eigenvalue weighted by Crippen LogP contribution is -2.38. The first kappa shape index (κ1) is 23.8. The first-order valence-electron chi connectivity index (χ1n) is 10.8. The van der Waals surface area contributed by atoms with E-state index in [9.17, 15) is 13.2 Å². The van der Waals surface area contributed by atoms with Crippen LogP contribution in [0.15, 0.2) is 40.2 Å². The first-order chi connectivity index (χ1) is 15.8. The van der Waals surface area contributed by atoms with Crippen LogP contribution in [0.3, 0.4) is 0 Å². The van der Waals surface area contributed by atoms with Crippen LogP contribution < -0.4 is 0 Å². The molecule has 3 heterocycles. The number of aryl methyl sites for hydroxylation is 1. The monoisotopic (exact) mass is 481 g/mol. The van der Waals surface area contributed by atoms with E-state index in [4.69, 9.17) is 9.15 Å². The Balaban J connectivity index is 1.21. The van der Waals surface area contributed by atoms with Gasteiger partial charge >= 0.3 is 6.18 Å². The van der Waals surface area contributed by atoms with E-state index < -0.39 is 11.7 Å². The van der Waals surface area contributed by atoms with E-state index in [-0.39, 0.29) is 6.10 Å². The van der Waals surface area contributed by atoms with Crippen LogP contribution in [-0.2, 0) is 18.0 Å². The van der Waals surface area contributed by atoms with E-state index in [1.54, 1.807) is 11.8 Å². The number of hydrogen-bond acceptors (Lipinski definition) is 7. The second kappa shape index (κ2) is 10.3. The van der Waals surface area contributed by atoms with Gasteiger partial charge in [0.05, 0.1) is 24.0 Å². The van der Waals surface area contributed by atoms with Crippen molar-refractivity contribution in [2.45, 2.75) is 37.2 Å². The standard InChI is InChI=1S/C22H26F3N5O2S/c1-15-19(32-14-26-15)20-27-28-21(29(20)2)33-12-4-3-9-30-10-11-31-18(13-30)16-5-7-17(8-6-16)22(23,24)25/h5-8,14,18H,3-4,9-13H2,1-2H3. The Labute approximate surface area is 194 Å². The fourth-order valence-corrected chi connectivity index (χ4v) is 4.66. The zero-order valence-electron chi connectivity index (χ0n) is 18.5. The normalized spacial score (nSPS) is 17.5. The summed E-state index contributed by atoms with van der Waals surface area (Å²) >= 11 is 1.65. The van der Waals surface area contributed by atoms with E-state index in [0.29, 0.717) is 24.7 Å². The highest BCUT2D eigenvalue weighted by Gasteiger charge is 2.30. The zero-order valence-corrected chi connectivity index (χ0v) is 19.3. The van der Waals surface area contributed by atoms with Crippen LogP contribution >= 0.6 is 11.8 Å². The summed E-state index contributed by atoms with van der Waals surface area (Å²) in [7, 11) is 1.91. The third-order valence-electron chi connectivity index (χ3n) is 5.64. The second-order valence-electron chi connectivity index (χ2n) is 7.97. The summed E-state index contributed by atoms with van der Waals surface area (Å²) in [6.45, 7) is 4.87. The van der Waals surface area contributed by atoms with Crippen LogP contribution in [0.25, 0.3) is 11.6 Å². The first-order valence-corrected chi connectivity index (χ1v) is 11.7. The number of oxazole rings is 1. The maximum Gasteiger partial charge on any atom is 0.416 e. The van der Waals surface area contributed by atoms with Crippen molar-refractivity contribution in [1.82, 2.24) is 24.6 Å². The van der Waals surface area contributed by atoms with Gasteiger partial charge in [-0.3, -0.25) is 4.90 Å². The van der Waals surface area contributed by atoms with Gasteiger partial charge in [0.1, 0.15) is 0 Å². The molecule has 11 heteroatoms. The molecule has 0 aliphatic carbocycles. The zero-order chi connectivity index (χ0) is 23.4. The molecule has 1 fully saturated rings. The predicted molar refractivity (Wildman–Crippen MR) is 118 cm³/mol. The minimum Gasteiger partial charge on any atom is -0.440 e. The van der Waals surface area contributed by atoms with Crippen molar-refractivity contribution in [3.63, 3.8) is 0 Å². The molecule has 1 saturated heterocycles. The summed E-state index contributed by atoms with van der Waals surface area (Å²) in [4.78, 5) is 6.41. The average Bonchev–Trinajstić information content (AvgIpc) is 3.38. The molecule has 178 valence electrons. The third kappa shape index (κ3) is 5.77. The van der Waals surface area contributed by atoms with Gasteiger partial charge in [0.25, 0.3) is 0 Å². The number of benzene rings is 1. The molecule has 2 aromatic heterocycles. The Hall–Kier alpha value is -2.37. The SMILES string of the molecule is Cc1ncoc1-c1nnc(SCCCCN2CCOC(c3ccc(C(F)(F)F)cc3)C2)n1C. The van der Waals surface area contributed by atoms with Crippen LogP contribution in [-0.4, -0.2) is 56.6 Å². The highest BCUT2D eigenvalue weighted by molar-refractivity contribution is 7.99. The van der Waals surface area contributed by atoms with Crippen molar-refractivity contribution in [3.8, 4) is 11.6 Å². The fraction of sp³-hybridized carbons (Fsp3) is 0.500. The van der Waals surface area contributed by atoms with E-state index >= 15 is 0 Å². The van der Waals surface area contributed by atoms with Crippen LogP contribution in [0.1, 0.15) is 35.8 Å². The molecular weight excluding hydrogens is 455 g/mol. The Morgan fingerprint density at radius 1 is 1.15 bits per heavy atom. The summed E-state index contributed by atoms with van der Waals surface area (Å²) < 4.78 is 51.5. The molecule has 0 spiro atoms. The topological polar surface area (TPSA) is 69.2 Å². The van der Waals surface area contributed by atoms with Crippen molar-refractivity contribution < 1.29 is 22.3 Å². The second-order valence-corrected chi connectivity index (χ2v) is 9.03. The number of ether oxygens (including phenoxy) is 1. The van der Waals surface area contributed by atoms with Crippen LogP contribution in [0.5, 0.6) is 0 Å². The van der Waals surface area contributed by atoms with Gasteiger partial charge in [-0.15, -0.1) is 10.2 Å². The van der Waals surface area contributed by atoms with E-state index in [1.807, 2.05) is 18.5 Å². The minimum absolute atomic E-state index is 0.202. The molecule has 0 amide bonds. The van der Waals surface area contributed by atoms with Crippen LogP contribution in [0, 0.1) is 6.92 Å². The number of rotatable bonds is 8. The maximum atomic E-state index is 12.8. The van der Waals surface area contributed by atoms with Gasteiger partial charge in [0.15, 0.2) is 17.3 Å². The van der Waals surface area contributed by atoms with Crippen molar-refractivity contribution in [2.24, 2.45) is 7.05 Å². The molecule has 0 N–H and O–H groups in total. The highest BCUT2D eigenvalue weighted by atomic mass is 32.2. The largest absolute Gasteiger partial charge is 0.440 e. The number of alkyl halides is 3. The van der Waals surface area contributed by atoms with Gasteiger partial charge in [-0.2, -0.15) is 13.2 Å². The molecule has 7 nitrogen and oxygen atoms in total. The molecule has 1 aromatic carbocycles. The number of unbranched alkanes of at least 4 members (excludes halogenated alkanes) is 1. The van der Waals surface area contributed by atoms with E-state index in [0.717, 1.165) is 60.2 Å². The fourth-order valence-electron chi connectivity index (χ4n) is 3.75. The van der Waals surface area contributed by atoms with Crippen LogP contribution in [0.4, 0.5) is 13.2 Å². The molecule has 1 unspecified atom stereocenters. The van der Waals surface area contributed by atoms with Gasteiger partial charge < -0.3 is 13.7 Å². The smallest absolute Gasteiger partial charge is 0.416 e. The summed E-state index contributed by atoms with van der Waals surface area (Å²) in [5.41, 5.74) is 0.924. The lowest BCUT2D eigenvalue weighted by Gasteiger charge is -2.33. The van der Waals surface area contributed by atoms with Crippen molar-refractivity contribution in [3.05, 3.63) is 47.5 Å². The van der Waals surface area contributed by atoms with Crippen molar-refractivity contribution in [1.29, 1.82) is 0 Å². The number of morpholine rings is 1. The molecule has 0 bridgehead atoms. The Morgan fingerprint density at radius 3 is 2.64 bits per heavy atom. The molecule has 1 aliphatic heterocycles. The molecule has 0 saturated carbocycles. The summed E-state index contributed by atoms with van der Waals surface area (Å²) in [5.74, 6) is 2.20. The molecule has 33 heavy (non-hydrogen) atoms. The molecule has 0 radical (unpaired) electrons. The Kier molecular flexibility index (Phi) is 7.40. The van der Waals surface area contributed by atoms with E-state index in [2.05, 4.69) is 20.1 Å². The molecule has 3 aromatic rings. The number of aromatic nitrogens is 4. The van der Waals surface area contributed by atoms with Gasteiger partial charge in [0, 0.05) is 25.9 Å². The summed E-state index contributed by atoms with van der Waals surface area (Å²) in [5, 5.41) is 9.31. The van der Waals surface area contributed by atoms with Crippen LogP contribution in [0.2, 0.25) is 0 Å². The number of hydrogen-bond donors (Lipinski definition) is 0. The van der Waals surface area contributed by atoms with Gasteiger partial charge in [-0.25, -0.2) is 4.98 Å². The highest BCUT2D eigenvalue weighted by Crippen LogP contribution is 2.31. The number of halogens is 3. The minimum atomic E-state index is -4.32. The van der Waals surface area contributed by atoms with Gasteiger partial charge in [-0.05, 0) is 44.0 Å². The summed E-state index contributed by atoms with van der Waals surface area (Å²) in [6.07, 6.45) is -1.10. The average molecular weight is 482 g/mol. The molecule has 4 rings (SSSR count). The molecule has 1 aliphatic rings. The summed E-state index contributed by atoms with van der Waals surface area (Å²) in [6, 6.07) is 5.28. The predicted octanol–water partition coefficient (Wildman–Crippen LogP) is 4.74. The van der Waals surface area contributed by atoms with Crippen molar-refractivity contribution >= 4 is 11.8 Å². The van der Waals surface area contributed by atoms with Gasteiger partial charge in [0.2, 0.25) is 5.82 Å². The number of thioether (sulfide) groups is 1. The Bertz CT molecular complexity index is 1050. The molecule has 1 atom stereocenters. The maximum absolute atomic E-state index is 12.8. The molecular formula is C22H26F3N5O2S. The van der Waals surface area contributed by atoms with Gasteiger partial charge in [-0.1, -0.05) is 23.9 Å².